The molecular weight excluding hydrogens is 348 g/mol. The van der Waals surface area contributed by atoms with Crippen LogP contribution in [0.1, 0.15) is 31.9 Å². The van der Waals surface area contributed by atoms with E-state index < -0.39 is 24.5 Å². The van der Waals surface area contributed by atoms with Crippen LogP contribution in [0.2, 0.25) is 5.15 Å². The molecule has 0 amide bonds. The minimum absolute atomic E-state index is 0.307. The quantitative estimate of drug-likeness (QED) is 0.596. The van der Waals surface area contributed by atoms with Gasteiger partial charge in [-0.2, -0.15) is 5.10 Å². The number of aliphatic hydroxyl groups is 3. The molecule has 1 saturated carbocycles. The topological polar surface area (TPSA) is 113 Å². The van der Waals surface area contributed by atoms with Crippen molar-refractivity contribution in [3.05, 3.63) is 17.4 Å². The molecule has 4 atom stereocenters. The van der Waals surface area contributed by atoms with E-state index in [1.165, 1.54) is 17.5 Å². The molecule has 3 heterocycles. The largest absolute Gasteiger partial charge is 0.394 e. The zero-order valence-electron chi connectivity index (χ0n) is 13.5. The molecule has 1 saturated heterocycles. The number of pyridine rings is 1. The van der Waals surface area contributed by atoms with E-state index in [4.69, 9.17) is 16.3 Å². The fraction of sp³-hybridized carbons (Fsp3) is 0.625. The predicted molar refractivity (Wildman–Crippen MR) is 91.4 cm³/mol. The first-order valence-electron chi connectivity index (χ1n) is 8.51. The number of rotatable bonds is 4. The number of anilines is 1. The second-order valence-electron chi connectivity index (χ2n) is 6.67. The van der Waals surface area contributed by atoms with Crippen molar-refractivity contribution in [1.82, 2.24) is 14.8 Å². The molecule has 1 aliphatic carbocycles. The highest BCUT2D eigenvalue weighted by Gasteiger charge is 2.44. The lowest BCUT2D eigenvalue weighted by atomic mass is 10.1. The molecule has 9 heteroatoms. The normalized spacial score (nSPS) is 30.4. The molecule has 2 aliphatic rings. The highest BCUT2D eigenvalue weighted by molar-refractivity contribution is 6.30. The van der Waals surface area contributed by atoms with Crippen molar-refractivity contribution in [1.29, 1.82) is 0 Å². The fourth-order valence-corrected chi connectivity index (χ4v) is 3.86. The van der Waals surface area contributed by atoms with Crippen molar-refractivity contribution in [3.63, 3.8) is 0 Å². The summed E-state index contributed by atoms with van der Waals surface area (Å²) >= 11 is 6.18. The molecule has 0 unspecified atom stereocenters. The summed E-state index contributed by atoms with van der Waals surface area (Å²) in [6, 6.07) is 2.02. The van der Waals surface area contributed by atoms with E-state index in [9.17, 15) is 15.3 Å². The Morgan fingerprint density at radius 1 is 1.28 bits per heavy atom. The van der Waals surface area contributed by atoms with Crippen LogP contribution in [0.15, 0.2) is 12.3 Å². The lowest BCUT2D eigenvalue weighted by Gasteiger charge is -2.17. The Labute approximate surface area is 149 Å². The molecule has 4 N–H and O–H groups in total. The van der Waals surface area contributed by atoms with Crippen LogP contribution in [-0.4, -0.2) is 61.0 Å². The third-order valence-electron chi connectivity index (χ3n) is 5.02. The third kappa shape index (κ3) is 2.98. The average Bonchev–Trinajstić information content (AvgIpc) is 3.29. The number of nitrogens with one attached hydrogen (secondary N) is 1. The zero-order chi connectivity index (χ0) is 17.6. The van der Waals surface area contributed by atoms with Gasteiger partial charge in [-0.15, -0.1) is 0 Å². The van der Waals surface area contributed by atoms with Crippen molar-refractivity contribution in [2.24, 2.45) is 0 Å². The van der Waals surface area contributed by atoms with Gasteiger partial charge in [0.2, 0.25) is 0 Å². The van der Waals surface area contributed by atoms with Gasteiger partial charge in [-0.3, -0.25) is 0 Å². The Hall–Kier alpha value is -1.45. The van der Waals surface area contributed by atoms with Crippen LogP contribution in [0.25, 0.3) is 10.9 Å². The first kappa shape index (κ1) is 17.0. The Kier molecular flexibility index (Phi) is 4.55. The Morgan fingerprint density at radius 3 is 2.72 bits per heavy atom. The summed E-state index contributed by atoms with van der Waals surface area (Å²) in [4.78, 5) is 4.38. The van der Waals surface area contributed by atoms with Crippen LogP contribution < -0.4 is 5.32 Å². The van der Waals surface area contributed by atoms with Gasteiger partial charge in [-0.25, -0.2) is 9.67 Å². The maximum absolute atomic E-state index is 10.2. The molecule has 136 valence electrons. The number of hydrogen-bond acceptors (Lipinski definition) is 7. The van der Waals surface area contributed by atoms with Gasteiger partial charge >= 0.3 is 0 Å². The van der Waals surface area contributed by atoms with E-state index in [1.807, 2.05) is 0 Å². The average molecular weight is 369 g/mol. The van der Waals surface area contributed by atoms with E-state index in [2.05, 4.69) is 15.4 Å². The molecule has 0 aromatic carbocycles. The van der Waals surface area contributed by atoms with Gasteiger partial charge in [-0.05, 0) is 12.8 Å². The molecule has 2 aromatic heterocycles. The second-order valence-corrected chi connectivity index (χ2v) is 7.06. The molecule has 4 rings (SSSR count). The number of ether oxygens (including phenoxy) is 1. The van der Waals surface area contributed by atoms with Crippen LogP contribution in [0, 0.1) is 0 Å². The monoisotopic (exact) mass is 368 g/mol. The summed E-state index contributed by atoms with van der Waals surface area (Å²) in [5.74, 6) is 0.660. The van der Waals surface area contributed by atoms with Crippen molar-refractivity contribution in [3.8, 4) is 0 Å². The molecular formula is C16H21ClN4O4. The van der Waals surface area contributed by atoms with Gasteiger partial charge in [0.1, 0.15) is 29.3 Å². The van der Waals surface area contributed by atoms with Gasteiger partial charge in [0, 0.05) is 12.1 Å². The number of hydrogen-bond donors (Lipinski definition) is 4. The highest BCUT2D eigenvalue weighted by atomic mass is 35.5. The number of aromatic nitrogens is 3. The predicted octanol–water partition coefficient (Wildman–Crippen LogP) is 1.05. The van der Waals surface area contributed by atoms with Crippen LogP contribution in [0.3, 0.4) is 0 Å². The second kappa shape index (κ2) is 6.69. The summed E-state index contributed by atoms with van der Waals surface area (Å²) in [6.07, 6.45) is 2.10. The molecule has 0 spiro atoms. The van der Waals surface area contributed by atoms with E-state index >= 15 is 0 Å². The number of halogens is 1. The Balaban J connectivity index is 1.70. The van der Waals surface area contributed by atoms with E-state index in [0.29, 0.717) is 22.5 Å². The first-order valence-corrected chi connectivity index (χ1v) is 8.89. The highest BCUT2D eigenvalue weighted by Crippen LogP contribution is 2.34. The Morgan fingerprint density at radius 2 is 2.04 bits per heavy atom. The SMILES string of the molecule is OC[C@H]1O[C@@H](n2ncc3c(NC4CCCC4)nc(Cl)cc32)[C@H](O)[C@@H]1O. The van der Waals surface area contributed by atoms with Gasteiger partial charge in [-0.1, -0.05) is 24.4 Å². The van der Waals surface area contributed by atoms with Gasteiger partial charge in [0.05, 0.1) is 23.7 Å². The summed E-state index contributed by atoms with van der Waals surface area (Å²) in [5, 5.41) is 38.3. The maximum Gasteiger partial charge on any atom is 0.179 e. The molecule has 0 bridgehead atoms. The van der Waals surface area contributed by atoms with E-state index in [0.717, 1.165) is 18.2 Å². The molecule has 1 aliphatic heterocycles. The maximum atomic E-state index is 10.2. The standard InChI is InChI=1S/C16H21ClN4O4/c17-12-5-10-9(15(20-12)19-8-3-1-2-4-8)6-18-21(10)16-14(24)13(23)11(7-22)25-16/h5-6,8,11,13-14,16,22-24H,1-4,7H2,(H,19,20)/t11-,13-,14-,16-/m1/s1. The van der Waals surface area contributed by atoms with Crippen molar-refractivity contribution < 1.29 is 20.1 Å². The van der Waals surface area contributed by atoms with Crippen LogP contribution in [0.4, 0.5) is 5.82 Å². The van der Waals surface area contributed by atoms with Gasteiger partial charge < -0.3 is 25.4 Å². The fourth-order valence-electron chi connectivity index (χ4n) is 3.67. The smallest absolute Gasteiger partial charge is 0.179 e. The van der Waals surface area contributed by atoms with Crippen molar-refractivity contribution in [2.45, 2.75) is 56.3 Å². The van der Waals surface area contributed by atoms with Gasteiger partial charge in [0.15, 0.2) is 6.23 Å². The number of aliphatic hydroxyl groups excluding tert-OH is 3. The summed E-state index contributed by atoms with van der Waals surface area (Å²) in [7, 11) is 0. The molecule has 8 nitrogen and oxygen atoms in total. The lowest BCUT2D eigenvalue weighted by molar-refractivity contribution is -0.0564. The summed E-state index contributed by atoms with van der Waals surface area (Å²) in [5.41, 5.74) is 0.648. The minimum atomic E-state index is -1.20. The van der Waals surface area contributed by atoms with Crippen LogP contribution >= 0.6 is 11.6 Å². The third-order valence-corrected chi connectivity index (χ3v) is 5.21. The summed E-state index contributed by atoms with van der Waals surface area (Å²) in [6.45, 7) is -0.384. The number of nitrogens with zero attached hydrogens (tertiary/aromatic N) is 3. The molecule has 25 heavy (non-hydrogen) atoms. The van der Waals surface area contributed by atoms with E-state index in [1.54, 1.807) is 12.3 Å². The van der Waals surface area contributed by atoms with E-state index in [-0.39, 0.29) is 6.61 Å². The zero-order valence-corrected chi connectivity index (χ0v) is 14.3. The number of fused-ring (bicyclic) bond motifs is 1. The molecule has 0 radical (unpaired) electrons. The summed E-state index contributed by atoms with van der Waals surface area (Å²) < 4.78 is 7.05. The minimum Gasteiger partial charge on any atom is -0.394 e. The van der Waals surface area contributed by atoms with Crippen molar-refractivity contribution in [2.75, 3.05) is 11.9 Å². The van der Waals surface area contributed by atoms with Crippen LogP contribution in [-0.2, 0) is 4.74 Å². The lowest BCUT2D eigenvalue weighted by Crippen LogP contribution is -2.33. The van der Waals surface area contributed by atoms with Crippen LogP contribution in [0.5, 0.6) is 0 Å². The molecule has 2 aromatic rings. The Bertz CT molecular complexity index is 764. The van der Waals surface area contributed by atoms with Crippen molar-refractivity contribution >= 4 is 28.3 Å². The van der Waals surface area contributed by atoms with Gasteiger partial charge in [0.25, 0.3) is 0 Å². The first-order chi connectivity index (χ1) is 12.1. The molecule has 2 fully saturated rings.